The van der Waals surface area contributed by atoms with Gasteiger partial charge in [-0.2, -0.15) is 0 Å². The third kappa shape index (κ3) is 3.59. The van der Waals surface area contributed by atoms with Crippen molar-refractivity contribution >= 4 is 5.97 Å². The molecule has 5 nitrogen and oxygen atoms in total. The highest BCUT2D eigenvalue weighted by atomic mass is 16.5. The Kier molecular flexibility index (Phi) is 4.36. The maximum absolute atomic E-state index is 10.7. The number of hydrogen-bond donors (Lipinski definition) is 2. The second-order valence-corrected chi connectivity index (χ2v) is 6.62. The number of nitrogens with one attached hydrogen (secondary N) is 1. The van der Waals surface area contributed by atoms with Crippen molar-refractivity contribution in [3.63, 3.8) is 0 Å². The molecule has 3 rings (SSSR count). The van der Waals surface area contributed by atoms with Crippen molar-refractivity contribution in [1.82, 2.24) is 10.2 Å². The molecule has 1 fully saturated rings. The molecule has 1 atom stereocenters. The maximum Gasteiger partial charge on any atom is 0.317 e. The third-order valence-electron chi connectivity index (χ3n) is 4.69. The topological polar surface area (TPSA) is 61.8 Å². The Hall–Kier alpha value is -1.59. The van der Waals surface area contributed by atoms with Gasteiger partial charge in [-0.1, -0.05) is 12.1 Å². The van der Waals surface area contributed by atoms with E-state index in [1.54, 1.807) is 0 Å². The van der Waals surface area contributed by atoms with E-state index in [0.717, 1.165) is 51.3 Å². The van der Waals surface area contributed by atoms with Crippen LogP contribution in [-0.4, -0.2) is 54.3 Å². The number of carbonyl (C=O) groups is 1. The van der Waals surface area contributed by atoms with Gasteiger partial charge in [0.2, 0.25) is 0 Å². The van der Waals surface area contributed by atoms with Crippen molar-refractivity contribution in [3.05, 3.63) is 29.3 Å². The fourth-order valence-electron chi connectivity index (χ4n) is 3.36. The number of nitrogens with zero attached hydrogens (tertiary/aromatic N) is 1. The zero-order valence-corrected chi connectivity index (χ0v) is 13.1. The summed E-state index contributed by atoms with van der Waals surface area (Å²) < 4.78 is 5.54. The number of carboxylic acids is 1. The zero-order valence-electron chi connectivity index (χ0n) is 13.1. The highest BCUT2D eigenvalue weighted by molar-refractivity contribution is 5.69. The molecule has 5 heteroatoms. The van der Waals surface area contributed by atoms with Crippen LogP contribution in [0.25, 0.3) is 0 Å². The van der Waals surface area contributed by atoms with Gasteiger partial charge >= 0.3 is 5.97 Å². The molecule has 2 N–H and O–H groups in total. The molecule has 0 bridgehead atoms. The van der Waals surface area contributed by atoms with Crippen molar-refractivity contribution in [2.45, 2.75) is 31.7 Å². The van der Waals surface area contributed by atoms with Crippen molar-refractivity contribution in [2.75, 3.05) is 32.8 Å². The largest absolute Gasteiger partial charge is 0.493 e. The molecule has 0 spiro atoms. The van der Waals surface area contributed by atoms with Crippen LogP contribution in [0.1, 0.15) is 24.5 Å². The van der Waals surface area contributed by atoms with Crippen molar-refractivity contribution < 1.29 is 14.6 Å². The van der Waals surface area contributed by atoms with E-state index < -0.39 is 5.97 Å². The van der Waals surface area contributed by atoms with Crippen LogP contribution in [0.4, 0.5) is 0 Å². The first kappa shape index (κ1) is 15.3. The predicted molar refractivity (Wildman–Crippen MR) is 84.4 cm³/mol. The van der Waals surface area contributed by atoms with Crippen LogP contribution in [0.3, 0.4) is 0 Å². The van der Waals surface area contributed by atoms with Gasteiger partial charge in [-0.15, -0.1) is 0 Å². The van der Waals surface area contributed by atoms with Crippen LogP contribution in [0.2, 0.25) is 0 Å². The minimum absolute atomic E-state index is 0.0369. The summed E-state index contributed by atoms with van der Waals surface area (Å²) in [6.45, 7) is 5.91. The first-order valence-corrected chi connectivity index (χ1v) is 7.98. The summed E-state index contributed by atoms with van der Waals surface area (Å²) in [6.07, 6.45) is 3.05. The fourth-order valence-corrected chi connectivity index (χ4v) is 3.36. The SMILES string of the molecule is C[C@]1(NCC(=O)O)CCN(CCc2ccc3c(c2)CCO3)C1. The number of aliphatic carboxylic acids is 1. The van der Waals surface area contributed by atoms with E-state index >= 15 is 0 Å². The summed E-state index contributed by atoms with van der Waals surface area (Å²) in [5, 5.41) is 12.0. The molecule has 0 saturated carbocycles. The molecule has 0 amide bonds. The van der Waals surface area contributed by atoms with Gasteiger partial charge in [0.15, 0.2) is 0 Å². The average Bonchev–Trinajstić information content (AvgIpc) is 3.09. The Labute approximate surface area is 131 Å². The average molecular weight is 304 g/mol. The van der Waals surface area contributed by atoms with Gasteiger partial charge in [-0.05, 0) is 37.0 Å². The van der Waals surface area contributed by atoms with E-state index in [0.29, 0.717) is 0 Å². The predicted octanol–water partition coefficient (Wildman–Crippen LogP) is 1.30. The Bertz CT molecular complexity index is 561. The van der Waals surface area contributed by atoms with Crippen LogP contribution >= 0.6 is 0 Å². The van der Waals surface area contributed by atoms with E-state index in [2.05, 4.69) is 35.3 Å². The number of likely N-dealkylation sites (tertiary alicyclic amines) is 1. The van der Waals surface area contributed by atoms with E-state index in [4.69, 9.17) is 9.84 Å². The summed E-state index contributed by atoms with van der Waals surface area (Å²) in [5.74, 6) is 0.246. The van der Waals surface area contributed by atoms with Gasteiger partial charge < -0.3 is 20.1 Å². The molecule has 0 aliphatic carbocycles. The van der Waals surface area contributed by atoms with Crippen molar-refractivity contribution in [3.8, 4) is 5.75 Å². The second kappa shape index (κ2) is 6.26. The fraction of sp³-hybridized carbons (Fsp3) is 0.588. The summed E-state index contributed by atoms with van der Waals surface area (Å²) in [7, 11) is 0. The normalized spacial score (nSPS) is 24.2. The second-order valence-electron chi connectivity index (χ2n) is 6.62. The zero-order chi connectivity index (χ0) is 15.6. The van der Waals surface area contributed by atoms with Crippen LogP contribution < -0.4 is 10.1 Å². The molecule has 1 saturated heterocycles. The molecule has 0 unspecified atom stereocenters. The van der Waals surface area contributed by atoms with Crippen LogP contribution in [0.5, 0.6) is 5.75 Å². The number of hydrogen-bond acceptors (Lipinski definition) is 4. The Morgan fingerprint density at radius 2 is 2.36 bits per heavy atom. The van der Waals surface area contributed by atoms with E-state index in [1.807, 2.05) is 0 Å². The standard InChI is InChI=1S/C17H24N2O3/c1-17(18-11-16(20)21)6-8-19(12-17)7-4-13-2-3-15-14(10-13)5-9-22-15/h2-3,10,18H,4-9,11-12H2,1H3,(H,20,21)/t17-/m0/s1. The van der Waals surface area contributed by atoms with Crippen LogP contribution in [-0.2, 0) is 17.6 Å². The molecule has 0 radical (unpaired) electrons. The lowest BCUT2D eigenvalue weighted by Gasteiger charge is -2.25. The summed E-state index contributed by atoms with van der Waals surface area (Å²) in [5.41, 5.74) is 2.60. The summed E-state index contributed by atoms with van der Waals surface area (Å²) in [6, 6.07) is 6.50. The number of ether oxygens (including phenoxy) is 1. The van der Waals surface area contributed by atoms with Crippen molar-refractivity contribution in [2.24, 2.45) is 0 Å². The van der Waals surface area contributed by atoms with Gasteiger partial charge in [0.05, 0.1) is 13.2 Å². The third-order valence-corrected chi connectivity index (χ3v) is 4.69. The number of fused-ring (bicyclic) bond motifs is 1. The van der Waals surface area contributed by atoms with Gasteiger partial charge in [-0.3, -0.25) is 4.79 Å². The molecular formula is C17H24N2O3. The summed E-state index contributed by atoms with van der Waals surface area (Å²) in [4.78, 5) is 13.1. The smallest absolute Gasteiger partial charge is 0.317 e. The monoisotopic (exact) mass is 304 g/mol. The van der Waals surface area contributed by atoms with E-state index in [1.165, 1.54) is 11.1 Å². The Morgan fingerprint density at radius 1 is 1.50 bits per heavy atom. The molecule has 2 aliphatic heterocycles. The lowest BCUT2D eigenvalue weighted by molar-refractivity contribution is -0.136. The number of rotatable bonds is 6. The number of carboxylic acid groups (broad SMARTS) is 1. The van der Waals surface area contributed by atoms with E-state index in [9.17, 15) is 4.79 Å². The Morgan fingerprint density at radius 3 is 3.18 bits per heavy atom. The summed E-state index contributed by atoms with van der Waals surface area (Å²) >= 11 is 0. The lowest BCUT2D eigenvalue weighted by Crippen LogP contribution is -2.47. The lowest BCUT2D eigenvalue weighted by atomic mass is 10.0. The molecule has 1 aromatic carbocycles. The number of benzene rings is 1. The van der Waals surface area contributed by atoms with Gasteiger partial charge in [-0.25, -0.2) is 0 Å². The van der Waals surface area contributed by atoms with Crippen LogP contribution in [0.15, 0.2) is 18.2 Å². The first-order valence-electron chi connectivity index (χ1n) is 7.98. The molecule has 22 heavy (non-hydrogen) atoms. The molecule has 0 aromatic heterocycles. The Balaban J connectivity index is 1.49. The van der Waals surface area contributed by atoms with Crippen molar-refractivity contribution in [1.29, 1.82) is 0 Å². The molecule has 2 heterocycles. The first-order chi connectivity index (χ1) is 10.5. The maximum atomic E-state index is 10.7. The minimum Gasteiger partial charge on any atom is -0.493 e. The quantitative estimate of drug-likeness (QED) is 0.829. The highest BCUT2D eigenvalue weighted by Gasteiger charge is 2.33. The van der Waals surface area contributed by atoms with E-state index in [-0.39, 0.29) is 12.1 Å². The van der Waals surface area contributed by atoms with Gasteiger partial charge in [0.25, 0.3) is 0 Å². The van der Waals surface area contributed by atoms with Gasteiger partial charge in [0, 0.05) is 31.6 Å². The minimum atomic E-state index is -0.792. The van der Waals surface area contributed by atoms with Crippen LogP contribution in [0, 0.1) is 0 Å². The highest BCUT2D eigenvalue weighted by Crippen LogP contribution is 2.26. The molecule has 120 valence electrons. The molecule has 2 aliphatic rings. The van der Waals surface area contributed by atoms with Gasteiger partial charge in [0.1, 0.15) is 5.75 Å². The molecule has 1 aromatic rings. The molecular weight excluding hydrogens is 280 g/mol.